The lowest BCUT2D eigenvalue weighted by atomic mass is 9.88. The largest absolute Gasteiger partial charge is 0.497 e. The Bertz CT molecular complexity index is 1090. The molecule has 1 aliphatic heterocycles. The van der Waals surface area contributed by atoms with Gasteiger partial charge in [0.1, 0.15) is 17.1 Å². The first kappa shape index (κ1) is 18.5. The van der Waals surface area contributed by atoms with Crippen molar-refractivity contribution in [3.05, 3.63) is 65.7 Å². The number of anilines is 1. The fourth-order valence-electron chi connectivity index (χ4n) is 3.69. The van der Waals surface area contributed by atoms with Crippen molar-refractivity contribution in [3.63, 3.8) is 0 Å². The Labute approximate surface area is 166 Å². The molecular formula is C21H19N3O5. The molecule has 8 heteroatoms. The molecule has 0 spiro atoms. The fourth-order valence-corrected chi connectivity index (χ4v) is 3.69. The number of carbonyl (C=O) groups is 2. The van der Waals surface area contributed by atoms with Gasteiger partial charge < -0.3 is 24.5 Å². The van der Waals surface area contributed by atoms with Crippen LogP contribution in [0.3, 0.4) is 0 Å². The van der Waals surface area contributed by atoms with Gasteiger partial charge in [-0.25, -0.2) is 4.79 Å². The van der Waals surface area contributed by atoms with Gasteiger partial charge in [-0.15, -0.1) is 0 Å². The Morgan fingerprint density at radius 3 is 2.62 bits per heavy atom. The maximum atomic E-state index is 12.4. The number of pyridine rings is 1. The molecule has 0 fully saturated rings. The van der Waals surface area contributed by atoms with Gasteiger partial charge in [0.15, 0.2) is 0 Å². The number of hydrogen-bond acceptors (Lipinski definition) is 5. The summed E-state index contributed by atoms with van der Waals surface area (Å²) in [6.07, 6.45) is 4.99. The third kappa shape index (κ3) is 3.18. The van der Waals surface area contributed by atoms with E-state index < -0.39 is 5.97 Å². The maximum absolute atomic E-state index is 12.4. The number of ether oxygens (including phenoxy) is 2. The smallest absolute Gasteiger partial charge is 0.339 e. The number of carboxylic acid groups (broad SMARTS) is 1. The van der Waals surface area contributed by atoms with Gasteiger partial charge in [-0.3, -0.25) is 9.78 Å². The van der Waals surface area contributed by atoms with Crippen LogP contribution in [0.2, 0.25) is 0 Å². The number of nitrogens with one attached hydrogen (secondary N) is 1. The van der Waals surface area contributed by atoms with Crippen molar-refractivity contribution in [2.75, 3.05) is 19.5 Å². The number of nitrogens with zero attached hydrogens (tertiary/aromatic N) is 2. The van der Waals surface area contributed by atoms with Crippen LogP contribution in [0.4, 0.5) is 5.69 Å². The standard InChI is InChI=1S/C21H19N3O5/c1-28-13-3-4-17(29-2)16(9-13)24-11-15(21(26)27)19-20(24)14(10-18(25)23-19)12-5-7-22-8-6-12/h3-9,11,14H,10H2,1-2H3,(H,23,25)(H,26,27). The molecule has 8 nitrogen and oxygen atoms in total. The van der Waals surface area contributed by atoms with Crippen LogP contribution in [0.15, 0.2) is 48.9 Å². The molecule has 0 bridgehead atoms. The number of hydrogen-bond donors (Lipinski definition) is 2. The Hall–Kier alpha value is -3.81. The summed E-state index contributed by atoms with van der Waals surface area (Å²) < 4.78 is 12.6. The first-order valence-electron chi connectivity index (χ1n) is 8.94. The zero-order valence-corrected chi connectivity index (χ0v) is 15.9. The van der Waals surface area contributed by atoms with Crippen molar-refractivity contribution in [3.8, 4) is 17.2 Å². The van der Waals surface area contributed by atoms with E-state index in [1.165, 1.54) is 6.20 Å². The number of carboxylic acids is 1. The lowest BCUT2D eigenvalue weighted by Crippen LogP contribution is -2.25. The van der Waals surface area contributed by atoms with Gasteiger partial charge in [0.25, 0.3) is 0 Å². The van der Waals surface area contributed by atoms with Crippen molar-refractivity contribution in [2.24, 2.45) is 0 Å². The number of fused-ring (bicyclic) bond motifs is 1. The third-order valence-electron chi connectivity index (χ3n) is 5.01. The second kappa shape index (κ2) is 7.31. The number of carbonyl (C=O) groups excluding carboxylic acids is 1. The van der Waals surface area contributed by atoms with Crippen LogP contribution >= 0.6 is 0 Å². The average Bonchev–Trinajstić information content (AvgIpc) is 3.12. The molecule has 4 rings (SSSR count). The molecule has 2 N–H and O–H groups in total. The van der Waals surface area contributed by atoms with Crippen molar-refractivity contribution in [2.45, 2.75) is 12.3 Å². The summed E-state index contributed by atoms with van der Waals surface area (Å²) in [5.41, 5.74) is 2.46. The van der Waals surface area contributed by atoms with E-state index in [2.05, 4.69) is 10.3 Å². The number of rotatable bonds is 5. The summed E-state index contributed by atoms with van der Waals surface area (Å²) in [5.74, 6) is -0.563. The van der Waals surface area contributed by atoms with Crippen LogP contribution in [-0.4, -0.2) is 40.8 Å². The Balaban J connectivity index is 2.01. The highest BCUT2D eigenvalue weighted by atomic mass is 16.5. The second-order valence-electron chi connectivity index (χ2n) is 6.60. The molecule has 2 aromatic heterocycles. The molecule has 0 saturated carbocycles. The lowest BCUT2D eigenvalue weighted by Gasteiger charge is -2.26. The molecule has 1 atom stereocenters. The monoisotopic (exact) mass is 393 g/mol. The summed E-state index contributed by atoms with van der Waals surface area (Å²) in [5, 5.41) is 12.5. The minimum absolute atomic E-state index is 0.0111. The van der Waals surface area contributed by atoms with Crippen molar-refractivity contribution in [1.82, 2.24) is 9.55 Å². The first-order valence-corrected chi connectivity index (χ1v) is 8.94. The zero-order chi connectivity index (χ0) is 20.5. The average molecular weight is 393 g/mol. The summed E-state index contributed by atoms with van der Waals surface area (Å²) in [4.78, 5) is 28.3. The predicted octanol–water partition coefficient (Wildman–Crippen LogP) is 3.06. The van der Waals surface area contributed by atoms with Gasteiger partial charge in [-0.1, -0.05) is 0 Å². The quantitative estimate of drug-likeness (QED) is 0.691. The van der Waals surface area contributed by atoms with Gasteiger partial charge >= 0.3 is 5.97 Å². The molecule has 3 aromatic rings. The molecule has 1 unspecified atom stereocenters. The third-order valence-corrected chi connectivity index (χ3v) is 5.01. The topological polar surface area (TPSA) is 103 Å². The first-order chi connectivity index (χ1) is 14.0. The molecule has 1 amide bonds. The van der Waals surface area contributed by atoms with Crippen LogP contribution in [0.25, 0.3) is 5.69 Å². The highest BCUT2D eigenvalue weighted by Gasteiger charge is 2.35. The Morgan fingerprint density at radius 1 is 1.21 bits per heavy atom. The summed E-state index contributed by atoms with van der Waals surface area (Å²) in [6.45, 7) is 0. The molecular weight excluding hydrogens is 374 g/mol. The van der Waals surface area contributed by atoms with E-state index in [0.29, 0.717) is 28.6 Å². The molecule has 0 radical (unpaired) electrons. The summed E-state index contributed by atoms with van der Waals surface area (Å²) >= 11 is 0. The minimum Gasteiger partial charge on any atom is -0.497 e. The van der Waals surface area contributed by atoms with E-state index in [1.807, 2.05) is 12.1 Å². The molecule has 3 heterocycles. The molecule has 1 aliphatic rings. The zero-order valence-electron chi connectivity index (χ0n) is 15.9. The molecule has 1 aromatic carbocycles. The molecule has 0 saturated heterocycles. The van der Waals surface area contributed by atoms with E-state index in [1.54, 1.807) is 49.4 Å². The van der Waals surface area contributed by atoms with Gasteiger partial charge in [0, 0.05) is 37.0 Å². The Morgan fingerprint density at radius 2 is 1.97 bits per heavy atom. The van der Waals surface area contributed by atoms with Gasteiger partial charge in [-0.2, -0.15) is 0 Å². The lowest BCUT2D eigenvalue weighted by molar-refractivity contribution is -0.116. The maximum Gasteiger partial charge on any atom is 0.339 e. The van der Waals surface area contributed by atoms with Crippen LogP contribution in [0.5, 0.6) is 11.5 Å². The number of aromatic nitrogens is 2. The van der Waals surface area contributed by atoms with Crippen molar-refractivity contribution < 1.29 is 24.2 Å². The van der Waals surface area contributed by atoms with E-state index in [-0.39, 0.29) is 23.8 Å². The highest BCUT2D eigenvalue weighted by molar-refractivity contribution is 6.04. The minimum atomic E-state index is -1.13. The van der Waals surface area contributed by atoms with Crippen molar-refractivity contribution >= 4 is 17.6 Å². The predicted molar refractivity (Wildman–Crippen MR) is 105 cm³/mol. The number of benzene rings is 1. The highest BCUT2D eigenvalue weighted by Crippen LogP contribution is 2.43. The fraction of sp³-hybridized carbons (Fsp3) is 0.190. The van der Waals surface area contributed by atoms with Crippen LogP contribution < -0.4 is 14.8 Å². The summed E-state index contributed by atoms with van der Waals surface area (Å²) in [7, 11) is 3.10. The normalized spacial score (nSPS) is 15.4. The second-order valence-corrected chi connectivity index (χ2v) is 6.60. The van der Waals surface area contributed by atoms with Gasteiger partial charge in [0.2, 0.25) is 5.91 Å². The van der Waals surface area contributed by atoms with E-state index in [0.717, 1.165) is 5.56 Å². The number of aromatic carboxylic acids is 1. The SMILES string of the molecule is COc1ccc(OC)c(-n2cc(C(=O)O)c3c2C(c2ccncc2)CC(=O)N3)c1. The number of methoxy groups -OCH3 is 2. The van der Waals surface area contributed by atoms with Crippen LogP contribution in [0, 0.1) is 0 Å². The molecule has 0 aliphatic carbocycles. The van der Waals surface area contributed by atoms with Gasteiger partial charge in [-0.05, 0) is 29.8 Å². The summed E-state index contributed by atoms with van der Waals surface area (Å²) in [6, 6.07) is 8.94. The Kier molecular flexibility index (Phi) is 4.67. The van der Waals surface area contributed by atoms with E-state index in [4.69, 9.17) is 9.47 Å². The van der Waals surface area contributed by atoms with Crippen LogP contribution in [-0.2, 0) is 4.79 Å². The van der Waals surface area contributed by atoms with Gasteiger partial charge in [0.05, 0.1) is 31.3 Å². The van der Waals surface area contributed by atoms with Crippen molar-refractivity contribution in [1.29, 1.82) is 0 Å². The molecule has 148 valence electrons. The van der Waals surface area contributed by atoms with Crippen LogP contribution in [0.1, 0.15) is 34.0 Å². The number of amides is 1. The van der Waals surface area contributed by atoms with E-state index >= 15 is 0 Å². The van der Waals surface area contributed by atoms with E-state index in [9.17, 15) is 14.7 Å². The molecule has 29 heavy (non-hydrogen) atoms.